The lowest BCUT2D eigenvalue weighted by molar-refractivity contribution is 0.320. The molecule has 0 amide bonds. The second kappa shape index (κ2) is 17.2. The van der Waals surface area contributed by atoms with Gasteiger partial charge in [-0.05, 0) is 120 Å². The molecule has 0 aromatic heterocycles. The van der Waals surface area contributed by atoms with Gasteiger partial charge in [-0.2, -0.15) is 0 Å². The van der Waals surface area contributed by atoms with E-state index in [1.807, 2.05) is 160 Å². The maximum absolute atomic E-state index is 6.55. The van der Waals surface area contributed by atoms with E-state index in [0.29, 0.717) is 11.5 Å². The van der Waals surface area contributed by atoms with E-state index in [9.17, 15) is 0 Å². The van der Waals surface area contributed by atoms with Gasteiger partial charge in [-0.15, -0.1) is 0 Å². The molecule has 48 heavy (non-hydrogen) atoms. The van der Waals surface area contributed by atoms with Gasteiger partial charge in [0, 0.05) is 6.08 Å². The van der Waals surface area contributed by atoms with Gasteiger partial charge in [-0.25, -0.2) is 0 Å². The summed E-state index contributed by atoms with van der Waals surface area (Å²) in [6, 6.07) is 24.1. The van der Waals surface area contributed by atoms with Crippen LogP contribution in [-0.2, 0) is 9.05 Å². The molecule has 0 aliphatic rings. The minimum atomic E-state index is -1.94. The molecule has 4 aromatic carbocycles. The fourth-order valence-electron chi connectivity index (χ4n) is 4.91. The largest absolute Gasteiger partial charge is 0.530 e. The van der Waals surface area contributed by atoms with Gasteiger partial charge in [-0.1, -0.05) is 84.9 Å². The van der Waals surface area contributed by atoms with Crippen molar-refractivity contribution in [2.24, 2.45) is 0 Å². The molecule has 0 unspecified atom stereocenters. The molecule has 252 valence electrons. The molecule has 0 fully saturated rings. The van der Waals surface area contributed by atoms with Crippen LogP contribution >= 0.6 is 17.2 Å². The molecule has 0 aliphatic heterocycles. The lowest BCUT2D eigenvalue weighted by atomic mass is 10.1. The molecule has 4 aromatic rings. The van der Waals surface area contributed by atoms with Crippen LogP contribution in [0.4, 0.5) is 0 Å². The molecule has 6 nitrogen and oxygen atoms in total. The highest BCUT2D eigenvalue weighted by Crippen LogP contribution is 2.49. The number of aryl methyl sites for hydroxylation is 8. The van der Waals surface area contributed by atoms with Gasteiger partial charge in [-0.3, -0.25) is 0 Å². The van der Waals surface area contributed by atoms with Gasteiger partial charge >= 0.3 is 17.2 Å². The predicted octanol–water partition coefficient (Wildman–Crippen LogP) is 12.6. The molecular weight excluding hydrogens is 638 g/mol. The van der Waals surface area contributed by atoms with Crippen molar-refractivity contribution in [2.75, 3.05) is 0 Å². The van der Waals surface area contributed by atoms with Gasteiger partial charge < -0.3 is 27.1 Å². The standard InChI is InChI=1S/C40H46O6P2/c1-11-12-25-36(42-48(45-39-31(6)21-15-22-32(39)7)46-40-33(8)23-16-24-34(40)9)26-35(10)41-47(43-37-27(2)17-13-18-28(37)3)44-38-29(4)19-14-20-30(38)5/h11-26H,1-10H3/b12-11-,35-26+,36-25+. The fraction of sp³-hybridized carbons (Fsp3) is 0.250. The molecular formula is C40H46O6P2. The van der Waals surface area contributed by atoms with Crippen molar-refractivity contribution in [1.82, 2.24) is 0 Å². The Morgan fingerprint density at radius 2 is 0.771 bits per heavy atom. The number of para-hydroxylation sites is 4. The smallest absolute Gasteiger partial charge is 0.413 e. The van der Waals surface area contributed by atoms with Gasteiger partial charge in [0.2, 0.25) is 0 Å². The molecule has 8 heteroatoms. The summed E-state index contributed by atoms with van der Waals surface area (Å²) in [5, 5.41) is 0. The molecule has 0 saturated carbocycles. The number of allylic oxidation sites excluding steroid dienone is 5. The summed E-state index contributed by atoms with van der Waals surface area (Å²) >= 11 is 0. The molecule has 0 bridgehead atoms. The van der Waals surface area contributed by atoms with Crippen LogP contribution in [0.1, 0.15) is 58.4 Å². The van der Waals surface area contributed by atoms with Crippen LogP contribution in [0, 0.1) is 55.4 Å². The first-order valence-corrected chi connectivity index (χ1v) is 18.1. The van der Waals surface area contributed by atoms with Crippen molar-refractivity contribution < 1.29 is 27.1 Å². The Balaban J connectivity index is 1.68. The lowest BCUT2D eigenvalue weighted by Crippen LogP contribution is -2.05. The number of rotatable bonds is 14. The molecule has 0 radical (unpaired) electrons. The molecule has 0 aliphatic carbocycles. The van der Waals surface area contributed by atoms with Crippen molar-refractivity contribution in [1.29, 1.82) is 0 Å². The average Bonchev–Trinajstić information content (AvgIpc) is 3.03. The summed E-state index contributed by atoms with van der Waals surface area (Å²) < 4.78 is 39.0. The zero-order valence-corrected chi connectivity index (χ0v) is 31.4. The SMILES string of the molecule is C\C=C/C=C(\C=C(/C)OP(Oc1c(C)cccc1C)Oc1c(C)cccc1C)OP(Oc1c(C)cccc1C)Oc1c(C)cccc1C. The molecule has 0 N–H and O–H groups in total. The molecule has 0 atom stereocenters. The first-order chi connectivity index (χ1) is 23.0. The van der Waals surface area contributed by atoms with E-state index in [-0.39, 0.29) is 0 Å². The topological polar surface area (TPSA) is 55.4 Å². The minimum Gasteiger partial charge on any atom is -0.413 e. The minimum absolute atomic E-state index is 0.489. The van der Waals surface area contributed by atoms with Crippen LogP contribution in [-0.4, -0.2) is 0 Å². The van der Waals surface area contributed by atoms with Crippen molar-refractivity contribution in [3.05, 3.63) is 153 Å². The van der Waals surface area contributed by atoms with Crippen LogP contribution in [0.25, 0.3) is 0 Å². The number of hydrogen-bond acceptors (Lipinski definition) is 6. The maximum Gasteiger partial charge on any atom is 0.530 e. The Kier molecular flexibility index (Phi) is 13.1. The van der Waals surface area contributed by atoms with Crippen molar-refractivity contribution >= 4 is 17.2 Å². The summed E-state index contributed by atoms with van der Waals surface area (Å²) in [5.41, 5.74) is 7.93. The summed E-state index contributed by atoms with van der Waals surface area (Å²) in [4.78, 5) is 0. The van der Waals surface area contributed by atoms with Crippen LogP contribution in [0.3, 0.4) is 0 Å². The van der Waals surface area contributed by atoms with Gasteiger partial charge in [0.15, 0.2) is 0 Å². The van der Waals surface area contributed by atoms with Crippen LogP contribution in [0.5, 0.6) is 23.0 Å². The first-order valence-electron chi connectivity index (χ1n) is 15.9. The summed E-state index contributed by atoms with van der Waals surface area (Å²) in [5.74, 6) is 3.94. The Hall–Kier alpha value is -4.24. The Morgan fingerprint density at radius 3 is 1.06 bits per heavy atom. The van der Waals surface area contributed by atoms with E-state index in [1.165, 1.54) is 0 Å². The highest BCUT2D eigenvalue weighted by molar-refractivity contribution is 7.43. The summed E-state index contributed by atoms with van der Waals surface area (Å²) in [7, 11) is -3.85. The quantitative estimate of drug-likeness (QED) is 0.0749. The van der Waals surface area contributed by atoms with Crippen LogP contribution in [0.15, 0.2) is 109 Å². The van der Waals surface area contributed by atoms with Crippen LogP contribution < -0.4 is 18.1 Å². The van der Waals surface area contributed by atoms with Gasteiger partial charge in [0.25, 0.3) is 0 Å². The molecule has 0 heterocycles. The van der Waals surface area contributed by atoms with Gasteiger partial charge in [0.05, 0.1) is 0 Å². The Bertz CT molecular complexity index is 1620. The van der Waals surface area contributed by atoms with E-state index >= 15 is 0 Å². The van der Waals surface area contributed by atoms with E-state index in [0.717, 1.165) is 67.5 Å². The maximum atomic E-state index is 6.55. The van der Waals surface area contributed by atoms with E-state index in [2.05, 4.69) is 0 Å². The Labute approximate surface area is 289 Å². The molecule has 0 spiro atoms. The van der Waals surface area contributed by atoms with Crippen molar-refractivity contribution in [3.8, 4) is 23.0 Å². The van der Waals surface area contributed by atoms with Crippen molar-refractivity contribution in [2.45, 2.75) is 69.2 Å². The van der Waals surface area contributed by atoms with E-state index in [1.54, 1.807) is 6.08 Å². The summed E-state index contributed by atoms with van der Waals surface area (Å²) in [6.45, 7) is 19.9. The first kappa shape index (κ1) is 36.6. The monoisotopic (exact) mass is 684 g/mol. The Morgan fingerprint density at radius 1 is 0.479 bits per heavy atom. The predicted molar refractivity (Wildman–Crippen MR) is 199 cm³/mol. The molecule has 4 rings (SSSR count). The van der Waals surface area contributed by atoms with Crippen LogP contribution in [0.2, 0.25) is 0 Å². The normalized spacial score (nSPS) is 12.1. The molecule has 0 saturated heterocycles. The van der Waals surface area contributed by atoms with Gasteiger partial charge in [0.1, 0.15) is 34.5 Å². The fourth-order valence-corrected chi connectivity index (χ4v) is 7.45. The average molecular weight is 685 g/mol. The van der Waals surface area contributed by atoms with E-state index in [4.69, 9.17) is 27.1 Å². The highest BCUT2D eigenvalue weighted by atomic mass is 31.2. The number of hydrogen-bond donors (Lipinski definition) is 0. The second-order valence-electron chi connectivity index (χ2n) is 11.7. The van der Waals surface area contributed by atoms with Crippen molar-refractivity contribution in [3.63, 3.8) is 0 Å². The zero-order valence-electron chi connectivity index (χ0n) is 29.6. The third-order valence-electron chi connectivity index (χ3n) is 7.50. The lowest BCUT2D eigenvalue weighted by Gasteiger charge is -2.23. The third kappa shape index (κ3) is 9.89. The van der Waals surface area contributed by atoms with E-state index < -0.39 is 17.2 Å². The highest BCUT2D eigenvalue weighted by Gasteiger charge is 2.26. The zero-order chi connectivity index (χ0) is 34.8. The number of benzene rings is 4. The third-order valence-corrected chi connectivity index (χ3v) is 9.62. The summed E-state index contributed by atoms with van der Waals surface area (Å²) in [6.07, 6.45) is 7.48. The second-order valence-corrected chi connectivity index (χ2v) is 13.7.